The molecule has 0 bridgehead atoms. The molecule has 3 amide bonds. The summed E-state index contributed by atoms with van der Waals surface area (Å²) < 4.78 is 5.59. The van der Waals surface area contributed by atoms with Gasteiger partial charge < -0.3 is 20.3 Å². The second kappa shape index (κ2) is 8.49. The number of para-hydroxylation sites is 1. The average Bonchev–Trinajstić information content (AvgIpc) is 2.60. The Morgan fingerprint density at radius 2 is 2.17 bits per heavy atom. The Labute approximate surface area is 142 Å². The van der Waals surface area contributed by atoms with Gasteiger partial charge in [-0.3, -0.25) is 4.79 Å². The summed E-state index contributed by atoms with van der Waals surface area (Å²) in [5, 5.41) is 5.68. The molecule has 2 N–H and O–H groups in total. The number of nitrogens with one attached hydrogen (secondary N) is 2. The molecule has 1 aliphatic rings. The van der Waals surface area contributed by atoms with Gasteiger partial charge in [-0.05, 0) is 23.6 Å². The number of hydrogen-bond donors (Lipinski definition) is 2. The maximum Gasteiger partial charge on any atom is 0.322 e. The number of carbonyl (C=O) groups excluding carboxylic acids is 2. The van der Waals surface area contributed by atoms with Crippen LogP contribution in [0.2, 0.25) is 0 Å². The first-order valence-corrected chi connectivity index (χ1v) is 8.18. The monoisotopic (exact) mass is 331 g/mol. The zero-order valence-electron chi connectivity index (χ0n) is 14.2. The van der Waals surface area contributed by atoms with Gasteiger partial charge in [0.25, 0.3) is 0 Å². The number of carbonyl (C=O) groups is 2. The van der Waals surface area contributed by atoms with E-state index in [2.05, 4.69) is 31.1 Å². The largest absolute Gasteiger partial charge is 0.373 e. The molecule has 6 heteroatoms. The Balaban J connectivity index is 1.95. The lowest BCUT2D eigenvalue weighted by atomic mass is 10.0. The second-order valence-electron chi connectivity index (χ2n) is 6.06. The van der Waals surface area contributed by atoms with Crippen molar-refractivity contribution in [3.8, 4) is 0 Å². The number of amides is 3. The molecule has 0 saturated carbocycles. The lowest BCUT2D eigenvalue weighted by molar-refractivity contribution is -0.117. The number of ether oxygens (including phenoxy) is 1. The Kier molecular flexibility index (Phi) is 6.37. The van der Waals surface area contributed by atoms with Crippen LogP contribution in [0.1, 0.15) is 25.3 Å². The van der Waals surface area contributed by atoms with Crippen molar-refractivity contribution in [1.29, 1.82) is 0 Å². The van der Waals surface area contributed by atoms with Gasteiger partial charge in [0.15, 0.2) is 0 Å². The van der Waals surface area contributed by atoms with Crippen LogP contribution in [-0.4, -0.2) is 49.2 Å². The summed E-state index contributed by atoms with van der Waals surface area (Å²) in [7, 11) is 0. The van der Waals surface area contributed by atoms with Crippen LogP contribution in [0.4, 0.5) is 10.5 Å². The smallest absolute Gasteiger partial charge is 0.322 e. The van der Waals surface area contributed by atoms with Crippen LogP contribution in [-0.2, 0) is 9.53 Å². The minimum Gasteiger partial charge on any atom is -0.373 e. The van der Waals surface area contributed by atoms with Gasteiger partial charge in [0, 0.05) is 18.8 Å². The van der Waals surface area contributed by atoms with E-state index in [1.54, 1.807) is 4.90 Å². The van der Waals surface area contributed by atoms with Crippen molar-refractivity contribution in [3.63, 3.8) is 0 Å². The number of nitrogens with zero attached hydrogens (tertiary/aromatic N) is 1. The fraction of sp³-hybridized carbons (Fsp3) is 0.444. The molecule has 2 rings (SSSR count). The lowest BCUT2D eigenvalue weighted by Gasteiger charge is -2.33. The highest BCUT2D eigenvalue weighted by Gasteiger charge is 2.25. The molecule has 1 atom stereocenters. The minimum atomic E-state index is -0.244. The van der Waals surface area contributed by atoms with Crippen molar-refractivity contribution >= 4 is 17.6 Å². The van der Waals surface area contributed by atoms with E-state index in [1.807, 2.05) is 24.3 Å². The van der Waals surface area contributed by atoms with Gasteiger partial charge in [-0.25, -0.2) is 4.79 Å². The molecular formula is C18H25N3O3. The van der Waals surface area contributed by atoms with E-state index in [1.165, 1.54) is 6.08 Å². The van der Waals surface area contributed by atoms with Gasteiger partial charge in [0.2, 0.25) is 5.91 Å². The first-order valence-electron chi connectivity index (χ1n) is 8.18. The number of anilines is 1. The summed E-state index contributed by atoms with van der Waals surface area (Å²) in [5.74, 6) is 0.0825. The standard InChI is InChI=1S/C18H25N3O3/c1-4-17(22)19-11-14-12-21(9-10-24-14)18(23)20-16-8-6-5-7-15(16)13(2)3/h4-8,13-14H,1,9-12H2,2-3H3,(H,19,22)(H,20,23)/t14-/m0/s1. The molecule has 130 valence electrons. The lowest BCUT2D eigenvalue weighted by Crippen LogP contribution is -2.50. The molecule has 1 aromatic carbocycles. The third-order valence-electron chi connectivity index (χ3n) is 3.94. The van der Waals surface area contributed by atoms with Crippen LogP contribution in [0.25, 0.3) is 0 Å². The molecular weight excluding hydrogens is 306 g/mol. The Hall–Kier alpha value is -2.34. The fourth-order valence-corrected chi connectivity index (χ4v) is 2.62. The van der Waals surface area contributed by atoms with E-state index in [4.69, 9.17) is 4.74 Å². The van der Waals surface area contributed by atoms with Gasteiger partial charge in [-0.1, -0.05) is 38.6 Å². The predicted octanol–water partition coefficient (Wildman–Crippen LogP) is 2.34. The van der Waals surface area contributed by atoms with E-state index < -0.39 is 0 Å². The summed E-state index contributed by atoms with van der Waals surface area (Å²) in [5.41, 5.74) is 1.94. The van der Waals surface area contributed by atoms with Crippen LogP contribution in [0.3, 0.4) is 0 Å². The Morgan fingerprint density at radius 1 is 1.42 bits per heavy atom. The highest BCUT2D eigenvalue weighted by atomic mass is 16.5. The first kappa shape index (κ1) is 18.0. The van der Waals surface area contributed by atoms with Crippen molar-refractivity contribution in [2.45, 2.75) is 25.9 Å². The summed E-state index contributed by atoms with van der Waals surface area (Å²) in [6.07, 6.45) is 1.00. The van der Waals surface area contributed by atoms with Crippen LogP contribution >= 0.6 is 0 Å². The molecule has 0 unspecified atom stereocenters. The average molecular weight is 331 g/mol. The summed E-state index contributed by atoms with van der Waals surface area (Å²) in [6, 6.07) is 7.67. The SMILES string of the molecule is C=CC(=O)NC[C@H]1CN(C(=O)Nc2ccccc2C(C)C)CCO1. The summed E-state index contributed by atoms with van der Waals surface area (Å²) in [6.45, 7) is 9.38. The number of benzene rings is 1. The third kappa shape index (κ3) is 4.83. The second-order valence-corrected chi connectivity index (χ2v) is 6.06. The summed E-state index contributed by atoms with van der Waals surface area (Å²) >= 11 is 0. The van der Waals surface area contributed by atoms with Crippen LogP contribution < -0.4 is 10.6 Å². The van der Waals surface area contributed by atoms with E-state index in [0.717, 1.165) is 11.3 Å². The zero-order chi connectivity index (χ0) is 17.5. The number of rotatable bonds is 5. The normalized spacial score (nSPS) is 17.5. The fourth-order valence-electron chi connectivity index (χ4n) is 2.62. The van der Waals surface area contributed by atoms with Gasteiger partial charge in [0.05, 0.1) is 19.3 Å². The van der Waals surface area contributed by atoms with E-state index >= 15 is 0 Å². The van der Waals surface area contributed by atoms with Gasteiger partial charge in [-0.15, -0.1) is 0 Å². The molecule has 1 saturated heterocycles. The van der Waals surface area contributed by atoms with E-state index in [9.17, 15) is 9.59 Å². The maximum absolute atomic E-state index is 12.5. The molecule has 1 aliphatic heterocycles. The predicted molar refractivity (Wildman–Crippen MR) is 94.1 cm³/mol. The summed E-state index contributed by atoms with van der Waals surface area (Å²) in [4.78, 5) is 25.5. The highest BCUT2D eigenvalue weighted by molar-refractivity contribution is 5.90. The van der Waals surface area contributed by atoms with E-state index in [-0.39, 0.29) is 18.0 Å². The molecule has 1 aromatic rings. The molecule has 1 heterocycles. The van der Waals surface area contributed by atoms with Gasteiger partial charge in [0.1, 0.15) is 0 Å². The molecule has 6 nitrogen and oxygen atoms in total. The molecule has 0 radical (unpaired) electrons. The minimum absolute atomic E-state index is 0.147. The van der Waals surface area contributed by atoms with E-state index in [0.29, 0.717) is 32.2 Å². The molecule has 1 fully saturated rings. The van der Waals surface area contributed by atoms with Gasteiger partial charge in [-0.2, -0.15) is 0 Å². The van der Waals surface area contributed by atoms with Gasteiger partial charge >= 0.3 is 6.03 Å². The molecule has 0 aromatic heterocycles. The maximum atomic E-state index is 12.5. The van der Waals surface area contributed by atoms with Crippen LogP contribution in [0.5, 0.6) is 0 Å². The number of urea groups is 1. The van der Waals surface area contributed by atoms with Crippen molar-refractivity contribution in [3.05, 3.63) is 42.5 Å². The molecule has 24 heavy (non-hydrogen) atoms. The van der Waals surface area contributed by atoms with Crippen molar-refractivity contribution in [1.82, 2.24) is 10.2 Å². The number of morpholine rings is 1. The first-order chi connectivity index (χ1) is 11.5. The van der Waals surface area contributed by atoms with Crippen LogP contribution in [0, 0.1) is 0 Å². The molecule has 0 spiro atoms. The quantitative estimate of drug-likeness (QED) is 0.814. The van der Waals surface area contributed by atoms with Crippen LogP contribution in [0.15, 0.2) is 36.9 Å². The Morgan fingerprint density at radius 3 is 2.88 bits per heavy atom. The Bertz CT molecular complexity index is 601. The molecule has 0 aliphatic carbocycles. The number of hydrogen-bond acceptors (Lipinski definition) is 3. The third-order valence-corrected chi connectivity index (χ3v) is 3.94. The van der Waals surface area contributed by atoms with Crippen molar-refractivity contribution in [2.24, 2.45) is 0 Å². The van der Waals surface area contributed by atoms with Crippen molar-refractivity contribution < 1.29 is 14.3 Å². The zero-order valence-corrected chi connectivity index (χ0v) is 14.2. The topological polar surface area (TPSA) is 70.7 Å². The van der Waals surface area contributed by atoms with Crippen molar-refractivity contribution in [2.75, 3.05) is 31.6 Å². The highest BCUT2D eigenvalue weighted by Crippen LogP contribution is 2.24.